The van der Waals surface area contributed by atoms with Crippen LogP contribution in [0.5, 0.6) is 5.19 Å². The molecule has 0 aliphatic heterocycles. The molecule has 11 heteroatoms. The van der Waals surface area contributed by atoms with E-state index in [-0.39, 0.29) is 21.1 Å². The largest absolute Gasteiger partial charge is 0.439 e. The first-order valence-electron chi connectivity index (χ1n) is 6.35. The number of aliphatic hydroxyl groups excluding tert-OH is 1. The molecular formula is C12H14N4O5S2. The number of hydrogen-bond donors (Lipinski definition) is 3. The van der Waals surface area contributed by atoms with E-state index >= 15 is 0 Å². The molecule has 3 N–H and O–H groups in total. The summed E-state index contributed by atoms with van der Waals surface area (Å²) in [6.07, 6.45) is -1.08. The number of benzene rings is 1. The summed E-state index contributed by atoms with van der Waals surface area (Å²) in [5.41, 5.74) is 0.486. The van der Waals surface area contributed by atoms with E-state index in [1.165, 1.54) is 38.1 Å². The topological polar surface area (TPSA) is 131 Å². The van der Waals surface area contributed by atoms with Crippen LogP contribution in [0, 0.1) is 0 Å². The second-order valence-electron chi connectivity index (χ2n) is 4.40. The minimum atomic E-state index is -3.85. The van der Waals surface area contributed by atoms with Crippen LogP contribution in [0.1, 0.15) is 13.8 Å². The van der Waals surface area contributed by atoms with Gasteiger partial charge in [0.2, 0.25) is 11.0 Å². The van der Waals surface area contributed by atoms with Gasteiger partial charge in [0.15, 0.2) is 6.29 Å². The van der Waals surface area contributed by atoms with Crippen molar-refractivity contribution < 1.29 is 23.1 Å². The third-order valence-electron chi connectivity index (χ3n) is 2.38. The van der Waals surface area contributed by atoms with Gasteiger partial charge in [0.1, 0.15) is 0 Å². The van der Waals surface area contributed by atoms with Gasteiger partial charge in [-0.25, -0.2) is 8.42 Å². The first-order valence-corrected chi connectivity index (χ1v) is 8.65. The molecule has 2 rings (SSSR count). The lowest BCUT2D eigenvalue weighted by molar-refractivity contribution is -0.114. The lowest BCUT2D eigenvalue weighted by atomic mass is 10.3. The summed E-state index contributed by atoms with van der Waals surface area (Å²) in [5.74, 6) is -0.252. The Morgan fingerprint density at radius 2 is 1.96 bits per heavy atom. The lowest BCUT2D eigenvalue weighted by Gasteiger charge is -2.06. The Morgan fingerprint density at radius 1 is 1.30 bits per heavy atom. The summed E-state index contributed by atoms with van der Waals surface area (Å²) < 4.78 is 31.6. The predicted octanol–water partition coefficient (Wildman–Crippen LogP) is 1.01. The molecule has 23 heavy (non-hydrogen) atoms. The number of rotatable bonds is 6. The lowest BCUT2D eigenvalue weighted by Crippen LogP contribution is -2.13. The Balaban J connectivity index is 2.12. The van der Waals surface area contributed by atoms with Crippen LogP contribution in [0.3, 0.4) is 0 Å². The summed E-state index contributed by atoms with van der Waals surface area (Å²) in [7, 11) is -3.85. The number of ether oxygens (including phenoxy) is 1. The zero-order chi connectivity index (χ0) is 17.0. The van der Waals surface area contributed by atoms with Crippen molar-refractivity contribution in [3.8, 4) is 5.19 Å². The number of anilines is 2. The summed E-state index contributed by atoms with van der Waals surface area (Å²) >= 11 is 0.843. The highest BCUT2D eigenvalue weighted by atomic mass is 32.2. The van der Waals surface area contributed by atoms with Gasteiger partial charge in [-0.1, -0.05) is 5.10 Å². The molecule has 124 valence electrons. The van der Waals surface area contributed by atoms with Gasteiger partial charge in [0.05, 0.1) is 4.90 Å². The number of aromatic nitrogens is 2. The van der Waals surface area contributed by atoms with Crippen LogP contribution in [0.25, 0.3) is 0 Å². The standard InChI is InChI=1S/C12H14N4O5S2/c1-7(17)13-9-3-5-10(6-4-9)23(19,20)16-11-14-15-12(22-11)21-8(2)18/h3-6,8,18H,1-2H3,(H,13,17)(H,14,16). The molecule has 0 bridgehead atoms. The van der Waals surface area contributed by atoms with E-state index < -0.39 is 16.3 Å². The molecule has 0 saturated carbocycles. The first-order chi connectivity index (χ1) is 10.8. The van der Waals surface area contributed by atoms with Crippen molar-refractivity contribution in [1.82, 2.24) is 10.2 Å². The third-order valence-corrected chi connectivity index (χ3v) is 4.60. The van der Waals surface area contributed by atoms with Gasteiger partial charge >= 0.3 is 0 Å². The molecule has 1 aromatic heterocycles. The normalized spacial score (nSPS) is 12.5. The summed E-state index contributed by atoms with van der Waals surface area (Å²) in [6, 6.07) is 5.64. The van der Waals surface area contributed by atoms with Crippen LogP contribution in [0.4, 0.5) is 10.8 Å². The third kappa shape index (κ3) is 4.87. The Kier molecular flexibility index (Phi) is 5.13. The molecule has 0 aliphatic carbocycles. The van der Waals surface area contributed by atoms with Gasteiger partial charge in [0.25, 0.3) is 15.2 Å². The molecule has 1 atom stereocenters. The van der Waals surface area contributed by atoms with Crippen molar-refractivity contribution in [2.24, 2.45) is 0 Å². The molecule has 0 fully saturated rings. The van der Waals surface area contributed by atoms with Crippen LogP contribution in [0.2, 0.25) is 0 Å². The van der Waals surface area contributed by atoms with Gasteiger partial charge in [0, 0.05) is 12.6 Å². The van der Waals surface area contributed by atoms with Gasteiger partial charge in [-0.15, -0.1) is 5.10 Å². The highest BCUT2D eigenvalue weighted by Crippen LogP contribution is 2.25. The van der Waals surface area contributed by atoms with Gasteiger partial charge in [-0.2, -0.15) is 0 Å². The minimum Gasteiger partial charge on any atom is -0.439 e. The van der Waals surface area contributed by atoms with E-state index in [9.17, 15) is 13.2 Å². The summed E-state index contributed by atoms with van der Waals surface area (Å²) in [5, 5.41) is 18.9. The molecule has 0 spiro atoms. The van der Waals surface area contributed by atoms with E-state index in [4.69, 9.17) is 9.84 Å². The smallest absolute Gasteiger partial charge is 0.298 e. The number of aliphatic hydroxyl groups is 1. The number of amides is 1. The monoisotopic (exact) mass is 358 g/mol. The molecule has 0 radical (unpaired) electrons. The Morgan fingerprint density at radius 3 is 2.52 bits per heavy atom. The number of hydrogen-bond acceptors (Lipinski definition) is 8. The maximum absolute atomic E-state index is 12.2. The van der Waals surface area contributed by atoms with Crippen molar-refractivity contribution in [3.63, 3.8) is 0 Å². The van der Waals surface area contributed by atoms with Crippen LogP contribution < -0.4 is 14.8 Å². The van der Waals surface area contributed by atoms with Crippen LogP contribution in [-0.4, -0.2) is 35.9 Å². The molecule has 2 aromatic rings. The Bertz CT molecular complexity index is 786. The van der Waals surface area contributed by atoms with Gasteiger partial charge in [-0.05, 0) is 42.5 Å². The second kappa shape index (κ2) is 6.89. The quantitative estimate of drug-likeness (QED) is 0.657. The van der Waals surface area contributed by atoms with Crippen molar-refractivity contribution in [2.45, 2.75) is 25.0 Å². The zero-order valence-corrected chi connectivity index (χ0v) is 13.8. The van der Waals surface area contributed by atoms with Gasteiger partial charge < -0.3 is 15.2 Å². The van der Waals surface area contributed by atoms with Crippen LogP contribution in [0.15, 0.2) is 29.2 Å². The summed E-state index contributed by atoms with van der Waals surface area (Å²) in [6.45, 7) is 2.75. The Labute approximate surface area is 136 Å². The molecule has 9 nitrogen and oxygen atoms in total. The van der Waals surface area contributed by atoms with Crippen molar-refractivity contribution in [2.75, 3.05) is 10.0 Å². The van der Waals surface area contributed by atoms with Gasteiger partial charge in [-0.3, -0.25) is 9.52 Å². The summed E-state index contributed by atoms with van der Waals surface area (Å²) in [4.78, 5) is 10.9. The van der Waals surface area contributed by atoms with Crippen molar-refractivity contribution in [1.29, 1.82) is 0 Å². The number of carbonyl (C=O) groups excluding carboxylic acids is 1. The SMILES string of the molecule is CC(=O)Nc1ccc(S(=O)(=O)Nc2nnc(OC(C)O)s2)cc1. The number of nitrogens with one attached hydrogen (secondary N) is 2. The fraction of sp³-hybridized carbons (Fsp3) is 0.250. The van der Waals surface area contributed by atoms with E-state index in [0.717, 1.165) is 11.3 Å². The molecule has 0 aliphatic rings. The predicted molar refractivity (Wildman–Crippen MR) is 83.8 cm³/mol. The van der Waals surface area contributed by atoms with Crippen LogP contribution in [-0.2, 0) is 14.8 Å². The molecule has 1 heterocycles. The zero-order valence-electron chi connectivity index (χ0n) is 12.2. The molecular weight excluding hydrogens is 344 g/mol. The number of sulfonamides is 1. The van der Waals surface area contributed by atoms with E-state index in [0.29, 0.717) is 5.69 Å². The average Bonchev–Trinajstić information content (AvgIpc) is 2.84. The molecule has 0 saturated heterocycles. The molecule has 1 aromatic carbocycles. The number of nitrogens with zero attached hydrogens (tertiary/aromatic N) is 2. The Hall–Kier alpha value is -2.24. The minimum absolute atomic E-state index is 0.000188. The van der Waals surface area contributed by atoms with Crippen molar-refractivity contribution >= 4 is 38.1 Å². The average molecular weight is 358 g/mol. The van der Waals surface area contributed by atoms with E-state index in [1.807, 2.05) is 0 Å². The molecule has 1 unspecified atom stereocenters. The van der Waals surface area contributed by atoms with Crippen molar-refractivity contribution in [3.05, 3.63) is 24.3 Å². The van der Waals surface area contributed by atoms with E-state index in [1.54, 1.807) is 0 Å². The maximum Gasteiger partial charge on any atom is 0.298 e. The maximum atomic E-state index is 12.2. The first kappa shape index (κ1) is 17.1. The van der Waals surface area contributed by atoms with Crippen LogP contribution >= 0.6 is 11.3 Å². The highest BCUT2D eigenvalue weighted by Gasteiger charge is 2.17. The second-order valence-corrected chi connectivity index (χ2v) is 7.02. The highest BCUT2D eigenvalue weighted by molar-refractivity contribution is 7.93. The molecule has 1 amide bonds. The van der Waals surface area contributed by atoms with E-state index in [2.05, 4.69) is 20.2 Å². The fourth-order valence-electron chi connectivity index (χ4n) is 1.54. The number of carbonyl (C=O) groups is 1. The fourth-order valence-corrected chi connectivity index (χ4v) is 3.43.